The summed E-state index contributed by atoms with van der Waals surface area (Å²) in [5.74, 6) is 0. The van der Waals surface area contributed by atoms with Gasteiger partial charge in [-0.1, -0.05) is 84.2 Å². The van der Waals surface area contributed by atoms with Gasteiger partial charge in [0.25, 0.3) is 0 Å². The molecule has 0 aliphatic rings. The largest absolute Gasteiger partial charge is 0.0963 e. The van der Waals surface area contributed by atoms with E-state index in [1.165, 1.54) is 11.1 Å². The standard InChI is InChI=1S/C16H16Si/c1-3-7-15(8-4-1)11-13-17-14-12-16-9-5-2-6-10-16/h1-14H,17H2. The molecule has 0 aliphatic carbocycles. The molecule has 0 nitrogen and oxygen atoms in total. The number of rotatable bonds is 4. The van der Waals surface area contributed by atoms with Crippen molar-refractivity contribution in [1.82, 2.24) is 0 Å². The van der Waals surface area contributed by atoms with Crippen molar-refractivity contribution in [3.63, 3.8) is 0 Å². The van der Waals surface area contributed by atoms with Crippen LogP contribution in [-0.2, 0) is 0 Å². The highest BCUT2D eigenvalue weighted by Crippen LogP contribution is 2.02. The Bertz CT molecular complexity index is 436. The Balaban J connectivity index is 1.84. The predicted octanol–water partition coefficient (Wildman–Crippen LogP) is 3.50. The molecular formula is C16H16Si. The molecule has 0 heterocycles. The van der Waals surface area contributed by atoms with Gasteiger partial charge in [-0.15, -0.1) is 0 Å². The van der Waals surface area contributed by atoms with Gasteiger partial charge in [0.2, 0.25) is 0 Å². The highest BCUT2D eigenvalue weighted by atomic mass is 28.2. The summed E-state index contributed by atoms with van der Waals surface area (Å²) < 4.78 is 0. The van der Waals surface area contributed by atoms with Crippen LogP contribution in [0.5, 0.6) is 0 Å². The Hall–Kier alpha value is -1.86. The van der Waals surface area contributed by atoms with Crippen molar-refractivity contribution in [3.8, 4) is 0 Å². The summed E-state index contributed by atoms with van der Waals surface area (Å²) in [5.41, 5.74) is 7.20. The zero-order valence-electron chi connectivity index (χ0n) is 9.79. The van der Waals surface area contributed by atoms with Gasteiger partial charge in [-0.25, -0.2) is 0 Å². The van der Waals surface area contributed by atoms with Gasteiger partial charge in [0, 0.05) is 0 Å². The Kier molecular flexibility index (Phi) is 4.55. The average Bonchev–Trinajstić information content (AvgIpc) is 2.41. The molecule has 0 aromatic heterocycles. The maximum absolute atomic E-state index is 2.31. The van der Waals surface area contributed by atoms with E-state index in [2.05, 4.69) is 72.1 Å². The van der Waals surface area contributed by atoms with Gasteiger partial charge in [0.15, 0.2) is 0 Å². The first-order valence-electron chi connectivity index (χ1n) is 5.88. The van der Waals surface area contributed by atoms with Crippen molar-refractivity contribution < 1.29 is 0 Å². The molecule has 0 aliphatic heterocycles. The second kappa shape index (κ2) is 6.66. The Morgan fingerprint density at radius 3 is 1.41 bits per heavy atom. The molecule has 0 N–H and O–H groups in total. The van der Waals surface area contributed by atoms with Crippen LogP contribution in [0.1, 0.15) is 11.1 Å². The molecule has 2 aromatic carbocycles. The zero-order chi connectivity index (χ0) is 11.8. The summed E-state index contributed by atoms with van der Waals surface area (Å²) in [6.45, 7) is 0. The first kappa shape index (κ1) is 11.6. The summed E-state index contributed by atoms with van der Waals surface area (Å²) in [6.07, 6.45) is 4.42. The fourth-order valence-electron chi connectivity index (χ4n) is 1.62. The summed E-state index contributed by atoms with van der Waals surface area (Å²) >= 11 is 0. The third-order valence-corrected chi connectivity index (χ3v) is 3.51. The highest BCUT2D eigenvalue weighted by molar-refractivity contribution is 6.50. The molecular weight excluding hydrogens is 220 g/mol. The van der Waals surface area contributed by atoms with Crippen LogP contribution in [0.3, 0.4) is 0 Å². The van der Waals surface area contributed by atoms with Crippen LogP contribution in [-0.4, -0.2) is 9.52 Å². The Morgan fingerprint density at radius 1 is 0.588 bits per heavy atom. The fourth-order valence-corrected chi connectivity index (χ4v) is 2.59. The number of benzene rings is 2. The molecule has 17 heavy (non-hydrogen) atoms. The van der Waals surface area contributed by atoms with E-state index >= 15 is 0 Å². The SMILES string of the molecule is C(=Cc1ccccc1)[SiH2]C=Cc1ccccc1. The lowest BCUT2D eigenvalue weighted by atomic mass is 10.2. The maximum Gasteiger partial charge on any atom is 0.0692 e. The second-order valence-corrected chi connectivity index (χ2v) is 5.28. The summed E-state index contributed by atoms with van der Waals surface area (Å²) in [4.78, 5) is 0. The Morgan fingerprint density at radius 2 is 1.00 bits per heavy atom. The van der Waals surface area contributed by atoms with E-state index in [4.69, 9.17) is 0 Å². The fraction of sp³-hybridized carbons (Fsp3) is 0. The van der Waals surface area contributed by atoms with Crippen molar-refractivity contribution in [2.45, 2.75) is 0 Å². The number of hydrogen-bond donors (Lipinski definition) is 0. The molecule has 2 aromatic rings. The van der Waals surface area contributed by atoms with Gasteiger partial charge in [0.1, 0.15) is 0 Å². The number of hydrogen-bond acceptors (Lipinski definition) is 0. The van der Waals surface area contributed by atoms with Crippen LogP contribution in [0.2, 0.25) is 0 Å². The smallest absolute Gasteiger partial charge is 0.0692 e. The normalized spacial score (nSPS) is 12.0. The summed E-state index contributed by atoms with van der Waals surface area (Å²) in [6, 6.07) is 20.9. The van der Waals surface area contributed by atoms with Crippen LogP contribution in [0.25, 0.3) is 12.2 Å². The third kappa shape index (κ3) is 4.25. The van der Waals surface area contributed by atoms with Gasteiger partial charge in [-0.2, -0.15) is 0 Å². The van der Waals surface area contributed by atoms with Crippen LogP contribution in [0.15, 0.2) is 72.1 Å². The van der Waals surface area contributed by atoms with Crippen molar-refractivity contribution in [3.05, 3.63) is 83.2 Å². The van der Waals surface area contributed by atoms with Crippen LogP contribution in [0, 0.1) is 0 Å². The maximum atomic E-state index is 2.31. The minimum Gasteiger partial charge on any atom is -0.0963 e. The molecule has 0 bridgehead atoms. The van der Waals surface area contributed by atoms with E-state index in [-0.39, 0.29) is 9.52 Å². The first-order chi connectivity index (χ1) is 8.45. The van der Waals surface area contributed by atoms with E-state index in [0.29, 0.717) is 0 Å². The average molecular weight is 236 g/mol. The van der Waals surface area contributed by atoms with Gasteiger partial charge in [-0.05, 0) is 11.1 Å². The molecule has 0 atom stereocenters. The van der Waals surface area contributed by atoms with Gasteiger partial charge in [-0.3, -0.25) is 0 Å². The predicted molar refractivity (Wildman–Crippen MR) is 79.5 cm³/mol. The molecule has 1 heteroatoms. The van der Waals surface area contributed by atoms with Crippen LogP contribution < -0.4 is 0 Å². The molecule has 0 unspecified atom stereocenters. The molecule has 2 rings (SSSR count). The lowest BCUT2D eigenvalue weighted by molar-refractivity contribution is 1.66. The van der Waals surface area contributed by atoms with E-state index < -0.39 is 0 Å². The van der Waals surface area contributed by atoms with Gasteiger partial charge in [0.05, 0.1) is 9.52 Å². The zero-order valence-corrected chi connectivity index (χ0v) is 11.2. The highest BCUT2D eigenvalue weighted by Gasteiger charge is 1.83. The monoisotopic (exact) mass is 236 g/mol. The quantitative estimate of drug-likeness (QED) is 0.713. The topological polar surface area (TPSA) is 0 Å². The molecule has 0 saturated carbocycles. The van der Waals surface area contributed by atoms with Crippen molar-refractivity contribution in [2.24, 2.45) is 0 Å². The van der Waals surface area contributed by atoms with Gasteiger partial charge < -0.3 is 0 Å². The van der Waals surface area contributed by atoms with Crippen LogP contribution in [0.4, 0.5) is 0 Å². The molecule has 0 amide bonds. The minimum absolute atomic E-state index is 0.237. The van der Waals surface area contributed by atoms with Crippen molar-refractivity contribution in [1.29, 1.82) is 0 Å². The van der Waals surface area contributed by atoms with Crippen LogP contribution >= 0.6 is 0 Å². The summed E-state index contributed by atoms with van der Waals surface area (Å²) in [5, 5.41) is 0. The molecule has 0 fully saturated rings. The van der Waals surface area contributed by atoms with Gasteiger partial charge >= 0.3 is 0 Å². The third-order valence-electron chi connectivity index (χ3n) is 2.49. The van der Waals surface area contributed by atoms with Crippen molar-refractivity contribution in [2.75, 3.05) is 0 Å². The van der Waals surface area contributed by atoms with E-state index in [0.717, 1.165) is 0 Å². The molecule has 0 spiro atoms. The Labute approximate surface area is 105 Å². The first-order valence-corrected chi connectivity index (χ1v) is 7.51. The van der Waals surface area contributed by atoms with E-state index in [1.807, 2.05) is 12.1 Å². The lowest BCUT2D eigenvalue weighted by Crippen LogP contribution is -1.78. The minimum atomic E-state index is -0.237. The van der Waals surface area contributed by atoms with E-state index in [9.17, 15) is 0 Å². The molecule has 0 radical (unpaired) electrons. The molecule has 0 saturated heterocycles. The van der Waals surface area contributed by atoms with E-state index in [1.54, 1.807) is 0 Å². The molecule has 84 valence electrons. The second-order valence-electron chi connectivity index (χ2n) is 3.86. The summed E-state index contributed by atoms with van der Waals surface area (Å²) in [7, 11) is -0.237. The van der Waals surface area contributed by atoms with Crippen molar-refractivity contribution >= 4 is 21.7 Å². The lowest BCUT2D eigenvalue weighted by Gasteiger charge is -1.91.